The molecule has 0 aliphatic heterocycles. The molecule has 1 aromatic carbocycles. The van der Waals surface area contributed by atoms with Crippen LogP contribution in [-0.4, -0.2) is 20.6 Å². The fourth-order valence-electron chi connectivity index (χ4n) is 1.74. The van der Waals surface area contributed by atoms with Gasteiger partial charge in [-0.2, -0.15) is 0 Å². The zero-order valence-corrected chi connectivity index (χ0v) is 10.3. The van der Waals surface area contributed by atoms with Gasteiger partial charge in [0.15, 0.2) is 0 Å². The number of nitrogens with zero attached hydrogens (tertiary/aromatic N) is 2. The first kappa shape index (κ1) is 13.1. The normalized spacial score (nSPS) is 10.4. The SMILES string of the molecule is CCn1cncc1COc1cccc(F)c1C(=O)O. The molecular formula is C13H13FN2O3. The maximum Gasteiger partial charge on any atom is 0.342 e. The molecule has 1 aromatic heterocycles. The molecule has 0 atom stereocenters. The molecule has 0 spiro atoms. The summed E-state index contributed by atoms with van der Waals surface area (Å²) in [6, 6.07) is 3.93. The summed E-state index contributed by atoms with van der Waals surface area (Å²) in [5.41, 5.74) is 0.341. The van der Waals surface area contributed by atoms with Crippen molar-refractivity contribution < 1.29 is 19.0 Å². The molecule has 1 N–H and O–H groups in total. The second kappa shape index (κ2) is 5.51. The standard InChI is InChI=1S/C13H13FN2O3/c1-2-16-8-15-6-9(16)7-19-11-5-3-4-10(14)12(11)13(17)18/h3-6,8H,2,7H2,1H3,(H,17,18). The van der Waals surface area contributed by atoms with Gasteiger partial charge in [-0.1, -0.05) is 6.07 Å². The minimum atomic E-state index is -1.35. The zero-order valence-electron chi connectivity index (χ0n) is 10.3. The molecule has 0 aliphatic rings. The average molecular weight is 264 g/mol. The number of ether oxygens (including phenoxy) is 1. The van der Waals surface area contributed by atoms with Gasteiger partial charge < -0.3 is 14.4 Å². The molecule has 2 aromatic rings. The van der Waals surface area contributed by atoms with Crippen molar-refractivity contribution in [2.24, 2.45) is 0 Å². The van der Waals surface area contributed by atoms with Crippen LogP contribution in [0.15, 0.2) is 30.7 Å². The summed E-state index contributed by atoms with van der Waals surface area (Å²) >= 11 is 0. The first-order valence-electron chi connectivity index (χ1n) is 5.77. The van der Waals surface area contributed by atoms with Gasteiger partial charge in [0.1, 0.15) is 23.7 Å². The quantitative estimate of drug-likeness (QED) is 0.900. The molecule has 0 radical (unpaired) electrons. The van der Waals surface area contributed by atoms with E-state index in [1.54, 1.807) is 12.5 Å². The molecule has 0 saturated carbocycles. The summed E-state index contributed by atoms with van der Waals surface area (Å²) in [5, 5.41) is 8.97. The number of rotatable bonds is 5. The predicted molar refractivity (Wildman–Crippen MR) is 65.6 cm³/mol. The average Bonchev–Trinajstić information content (AvgIpc) is 2.83. The van der Waals surface area contributed by atoms with E-state index >= 15 is 0 Å². The van der Waals surface area contributed by atoms with Gasteiger partial charge in [-0.25, -0.2) is 14.2 Å². The molecule has 100 valence electrons. The molecular weight excluding hydrogens is 251 g/mol. The van der Waals surface area contributed by atoms with E-state index in [1.807, 2.05) is 11.5 Å². The van der Waals surface area contributed by atoms with Gasteiger partial charge in [-0.05, 0) is 19.1 Å². The number of hydrogen-bond acceptors (Lipinski definition) is 3. The smallest absolute Gasteiger partial charge is 0.342 e. The van der Waals surface area contributed by atoms with Gasteiger partial charge in [0.25, 0.3) is 0 Å². The van der Waals surface area contributed by atoms with Gasteiger partial charge in [-0.3, -0.25) is 0 Å². The molecule has 2 rings (SSSR count). The lowest BCUT2D eigenvalue weighted by Gasteiger charge is -2.10. The first-order valence-corrected chi connectivity index (χ1v) is 5.77. The van der Waals surface area contributed by atoms with Crippen molar-refractivity contribution >= 4 is 5.97 Å². The molecule has 0 saturated heterocycles. The van der Waals surface area contributed by atoms with Crippen molar-refractivity contribution in [2.75, 3.05) is 0 Å². The molecule has 5 nitrogen and oxygen atoms in total. The highest BCUT2D eigenvalue weighted by molar-refractivity contribution is 5.91. The third-order valence-corrected chi connectivity index (χ3v) is 2.70. The van der Waals surface area contributed by atoms with Crippen LogP contribution in [0.1, 0.15) is 23.0 Å². The Kier molecular flexibility index (Phi) is 3.79. The first-order chi connectivity index (χ1) is 9.13. The Morgan fingerprint density at radius 1 is 1.53 bits per heavy atom. The van der Waals surface area contributed by atoms with Gasteiger partial charge in [-0.15, -0.1) is 0 Å². The summed E-state index contributed by atoms with van der Waals surface area (Å²) < 4.78 is 20.7. The van der Waals surface area contributed by atoms with E-state index in [2.05, 4.69) is 4.98 Å². The molecule has 0 bridgehead atoms. The van der Waals surface area contributed by atoms with E-state index in [0.717, 1.165) is 18.3 Å². The lowest BCUT2D eigenvalue weighted by molar-refractivity contribution is 0.0686. The number of halogens is 1. The lowest BCUT2D eigenvalue weighted by Crippen LogP contribution is -2.08. The van der Waals surface area contributed by atoms with Crippen molar-refractivity contribution in [3.05, 3.63) is 47.8 Å². The Bertz CT molecular complexity index is 595. The van der Waals surface area contributed by atoms with Crippen LogP contribution in [0.3, 0.4) is 0 Å². The van der Waals surface area contributed by atoms with Gasteiger partial charge in [0.2, 0.25) is 0 Å². The Labute approximate surface area is 109 Å². The Hall–Kier alpha value is -2.37. The number of carboxylic acids is 1. The zero-order chi connectivity index (χ0) is 13.8. The number of aryl methyl sites for hydroxylation is 1. The summed E-state index contributed by atoms with van der Waals surface area (Å²) in [5.74, 6) is -2.15. The second-order valence-electron chi connectivity index (χ2n) is 3.88. The van der Waals surface area contributed by atoms with Crippen molar-refractivity contribution in [3.8, 4) is 5.75 Å². The molecule has 19 heavy (non-hydrogen) atoms. The van der Waals surface area contributed by atoms with Crippen molar-refractivity contribution in [2.45, 2.75) is 20.1 Å². The highest BCUT2D eigenvalue weighted by Gasteiger charge is 2.17. The van der Waals surface area contributed by atoms with Gasteiger partial charge in [0, 0.05) is 6.54 Å². The fraction of sp³-hybridized carbons (Fsp3) is 0.231. The number of imidazole rings is 1. The lowest BCUT2D eigenvalue weighted by atomic mass is 10.2. The highest BCUT2D eigenvalue weighted by atomic mass is 19.1. The van der Waals surface area contributed by atoms with Crippen LogP contribution in [0.4, 0.5) is 4.39 Å². The highest BCUT2D eigenvalue weighted by Crippen LogP contribution is 2.22. The van der Waals surface area contributed by atoms with Crippen molar-refractivity contribution in [1.29, 1.82) is 0 Å². The summed E-state index contributed by atoms with van der Waals surface area (Å²) in [6.07, 6.45) is 3.28. The van der Waals surface area contributed by atoms with Crippen molar-refractivity contribution in [3.63, 3.8) is 0 Å². The van der Waals surface area contributed by atoms with E-state index in [9.17, 15) is 9.18 Å². The number of aromatic carboxylic acids is 1. The maximum atomic E-state index is 13.4. The molecule has 0 fully saturated rings. The maximum absolute atomic E-state index is 13.4. The van der Waals surface area contributed by atoms with E-state index in [1.165, 1.54) is 12.1 Å². The van der Waals surface area contributed by atoms with E-state index in [4.69, 9.17) is 9.84 Å². The topological polar surface area (TPSA) is 64.4 Å². The number of benzene rings is 1. The van der Waals surface area contributed by atoms with Crippen LogP contribution in [0.5, 0.6) is 5.75 Å². The Morgan fingerprint density at radius 2 is 2.32 bits per heavy atom. The van der Waals surface area contributed by atoms with Crippen LogP contribution in [0, 0.1) is 5.82 Å². The predicted octanol–water partition coefficient (Wildman–Crippen LogP) is 2.32. The fourth-order valence-corrected chi connectivity index (χ4v) is 1.74. The molecule has 1 heterocycles. The van der Waals surface area contributed by atoms with Crippen LogP contribution in [-0.2, 0) is 13.2 Å². The number of carboxylic acid groups (broad SMARTS) is 1. The van der Waals surface area contributed by atoms with Crippen molar-refractivity contribution in [1.82, 2.24) is 9.55 Å². The summed E-state index contributed by atoms with van der Waals surface area (Å²) in [7, 11) is 0. The van der Waals surface area contributed by atoms with E-state index < -0.39 is 17.3 Å². The van der Waals surface area contributed by atoms with E-state index in [-0.39, 0.29) is 12.4 Å². The van der Waals surface area contributed by atoms with Gasteiger partial charge >= 0.3 is 5.97 Å². The largest absolute Gasteiger partial charge is 0.486 e. The number of hydrogen-bond donors (Lipinski definition) is 1. The third-order valence-electron chi connectivity index (χ3n) is 2.70. The second-order valence-corrected chi connectivity index (χ2v) is 3.88. The monoisotopic (exact) mass is 264 g/mol. The van der Waals surface area contributed by atoms with Gasteiger partial charge in [0.05, 0.1) is 18.2 Å². The van der Waals surface area contributed by atoms with Crippen LogP contribution in [0.25, 0.3) is 0 Å². The Morgan fingerprint density at radius 3 is 3.00 bits per heavy atom. The van der Waals surface area contributed by atoms with Crippen LogP contribution < -0.4 is 4.74 Å². The minimum absolute atomic E-state index is 0.0105. The molecule has 0 unspecified atom stereocenters. The number of carbonyl (C=O) groups is 1. The molecule has 0 aliphatic carbocycles. The summed E-state index contributed by atoms with van der Waals surface area (Å²) in [6.45, 7) is 2.82. The Balaban J connectivity index is 2.20. The third kappa shape index (κ3) is 2.73. The van der Waals surface area contributed by atoms with Crippen LogP contribution in [0.2, 0.25) is 0 Å². The number of aromatic nitrogens is 2. The summed E-state index contributed by atoms with van der Waals surface area (Å²) in [4.78, 5) is 15.0. The molecule has 6 heteroatoms. The minimum Gasteiger partial charge on any atom is -0.486 e. The van der Waals surface area contributed by atoms with Crippen LogP contribution >= 0.6 is 0 Å². The van der Waals surface area contributed by atoms with E-state index in [0.29, 0.717) is 0 Å². The molecule has 0 amide bonds.